The fraction of sp³-hybridized carbons (Fsp3) is 0.571. The van der Waals surface area contributed by atoms with Crippen molar-refractivity contribution in [3.63, 3.8) is 0 Å². The van der Waals surface area contributed by atoms with E-state index >= 15 is 0 Å². The van der Waals surface area contributed by atoms with E-state index in [9.17, 15) is 9.59 Å². The molecule has 0 aromatic carbocycles. The van der Waals surface area contributed by atoms with Crippen molar-refractivity contribution in [2.45, 2.75) is 33.7 Å². The Kier molecular flexibility index (Phi) is 6.26. The molecule has 1 rings (SSSR count). The molecule has 0 aliphatic heterocycles. The van der Waals surface area contributed by atoms with Crippen LogP contribution in [-0.2, 0) is 11.3 Å². The number of aromatic nitrogens is 1. The number of nitrogens with zero attached hydrogens (tertiary/aromatic N) is 2. The van der Waals surface area contributed by atoms with Gasteiger partial charge in [0.1, 0.15) is 5.69 Å². The molecule has 112 valence electrons. The van der Waals surface area contributed by atoms with Crippen LogP contribution in [0.4, 0.5) is 0 Å². The molecule has 1 N–H and O–H groups in total. The average Bonchev–Trinajstić information content (AvgIpc) is 2.74. The normalized spacial score (nSPS) is 10.8. The Bertz CT molecular complexity index is 483. The van der Waals surface area contributed by atoms with Gasteiger partial charge < -0.3 is 14.6 Å². The van der Waals surface area contributed by atoms with E-state index in [-0.39, 0.29) is 18.9 Å². The molecule has 1 aromatic heterocycles. The fourth-order valence-corrected chi connectivity index (χ4v) is 2.49. The average molecular weight is 345 g/mol. The number of aryl methyl sites for hydroxylation is 1. The first-order valence-corrected chi connectivity index (χ1v) is 7.51. The first kappa shape index (κ1) is 16.8. The number of rotatable bonds is 7. The third kappa shape index (κ3) is 4.67. The van der Waals surface area contributed by atoms with Crippen molar-refractivity contribution in [3.05, 3.63) is 22.4 Å². The number of hydrogen-bond acceptors (Lipinski definition) is 2. The predicted octanol–water partition coefficient (Wildman–Crippen LogP) is 2.84. The van der Waals surface area contributed by atoms with Crippen LogP contribution in [0.15, 0.2) is 16.7 Å². The van der Waals surface area contributed by atoms with Crippen molar-refractivity contribution < 1.29 is 14.7 Å². The van der Waals surface area contributed by atoms with E-state index in [1.165, 1.54) is 0 Å². The molecule has 0 radical (unpaired) electrons. The summed E-state index contributed by atoms with van der Waals surface area (Å²) in [5, 5.41) is 8.80. The van der Waals surface area contributed by atoms with Gasteiger partial charge in [-0.3, -0.25) is 9.59 Å². The lowest BCUT2D eigenvalue weighted by atomic mass is 10.2. The van der Waals surface area contributed by atoms with E-state index < -0.39 is 5.97 Å². The highest BCUT2D eigenvalue weighted by molar-refractivity contribution is 9.10. The second-order valence-electron chi connectivity index (χ2n) is 5.12. The monoisotopic (exact) mass is 344 g/mol. The number of carboxylic acid groups (broad SMARTS) is 1. The Morgan fingerprint density at radius 1 is 1.45 bits per heavy atom. The molecule has 0 spiro atoms. The van der Waals surface area contributed by atoms with Crippen molar-refractivity contribution >= 4 is 27.8 Å². The molecule has 0 atom stereocenters. The van der Waals surface area contributed by atoms with Gasteiger partial charge in [-0.25, -0.2) is 0 Å². The maximum absolute atomic E-state index is 12.6. The summed E-state index contributed by atoms with van der Waals surface area (Å²) in [6.07, 6.45) is 1.82. The van der Waals surface area contributed by atoms with E-state index in [2.05, 4.69) is 15.9 Å². The zero-order valence-electron chi connectivity index (χ0n) is 12.1. The molecular weight excluding hydrogens is 324 g/mol. The van der Waals surface area contributed by atoms with Crippen LogP contribution >= 0.6 is 15.9 Å². The standard InChI is InChI=1S/C14H21BrN2O3/c1-4-16-9-11(15)7-12(16)14(20)17(8-10(2)3)6-5-13(18)19/h7,9-10H,4-6,8H2,1-3H3,(H,18,19). The minimum Gasteiger partial charge on any atom is -0.481 e. The summed E-state index contributed by atoms with van der Waals surface area (Å²) in [5.41, 5.74) is 0.588. The molecule has 1 aromatic rings. The maximum Gasteiger partial charge on any atom is 0.305 e. The van der Waals surface area contributed by atoms with Gasteiger partial charge in [-0.1, -0.05) is 13.8 Å². The topological polar surface area (TPSA) is 62.5 Å². The van der Waals surface area contributed by atoms with E-state index in [0.717, 1.165) is 4.47 Å². The summed E-state index contributed by atoms with van der Waals surface area (Å²) in [4.78, 5) is 24.9. The van der Waals surface area contributed by atoms with E-state index in [4.69, 9.17) is 5.11 Å². The lowest BCUT2D eigenvalue weighted by Crippen LogP contribution is -2.37. The van der Waals surface area contributed by atoms with E-state index in [0.29, 0.717) is 24.7 Å². The molecule has 0 aliphatic rings. The molecule has 6 heteroatoms. The molecule has 0 aliphatic carbocycles. The van der Waals surface area contributed by atoms with Crippen molar-refractivity contribution in [1.29, 1.82) is 0 Å². The third-order valence-electron chi connectivity index (χ3n) is 2.89. The van der Waals surface area contributed by atoms with Crippen LogP contribution in [0.1, 0.15) is 37.7 Å². The molecule has 0 unspecified atom stereocenters. The lowest BCUT2D eigenvalue weighted by Gasteiger charge is -2.24. The summed E-state index contributed by atoms with van der Waals surface area (Å²) in [7, 11) is 0. The second kappa shape index (κ2) is 7.47. The van der Waals surface area contributed by atoms with Crippen LogP contribution in [-0.4, -0.2) is 39.5 Å². The molecular formula is C14H21BrN2O3. The highest BCUT2D eigenvalue weighted by Gasteiger charge is 2.21. The lowest BCUT2D eigenvalue weighted by molar-refractivity contribution is -0.137. The van der Waals surface area contributed by atoms with Gasteiger partial charge in [0.05, 0.1) is 6.42 Å². The largest absolute Gasteiger partial charge is 0.481 e. The van der Waals surface area contributed by atoms with Crippen LogP contribution in [0, 0.1) is 5.92 Å². The number of halogens is 1. The number of amides is 1. The van der Waals surface area contributed by atoms with Crippen molar-refractivity contribution in [3.8, 4) is 0 Å². The molecule has 0 fully saturated rings. The van der Waals surface area contributed by atoms with Gasteiger partial charge in [0, 0.05) is 30.3 Å². The van der Waals surface area contributed by atoms with Gasteiger partial charge in [0.2, 0.25) is 0 Å². The Morgan fingerprint density at radius 2 is 2.10 bits per heavy atom. The number of carbonyl (C=O) groups is 2. The number of hydrogen-bond donors (Lipinski definition) is 1. The number of carbonyl (C=O) groups excluding carboxylic acids is 1. The first-order chi connectivity index (χ1) is 9.35. The number of aliphatic carboxylic acids is 1. The second-order valence-corrected chi connectivity index (χ2v) is 6.03. The molecule has 1 heterocycles. The van der Waals surface area contributed by atoms with Crippen LogP contribution in [0.5, 0.6) is 0 Å². The van der Waals surface area contributed by atoms with Gasteiger partial charge in [0.15, 0.2) is 0 Å². The summed E-state index contributed by atoms with van der Waals surface area (Å²) < 4.78 is 2.71. The van der Waals surface area contributed by atoms with E-state index in [1.54, 1.807) is 11.0 Å². The number of carboxylic acids is 1. The molecule has 0 saturated heterocycles. The van der Waals surface area contributed by atoms with Crippen LogP contribution in [0.2, 0.25) is 0 Å². The van der Waals surface area contributed by atoms with Crippen molar-refractivity contribution in [2.24, 2.45) is 5.92 Å². The first-order valence-electron chi connectivity index (χ1n) is 6.71. The third-order valence-corrected chi connectivity index (χ3v) is 3.33. The molecule has 0 bridgehead atoms. The predicted molar refractivity (Wildman–Crippen MR) is 80.8 cm³/mol. The Balaban J connectivity index is 2.93. The smallest absolute Gasteiger partial charge is 0.305 e. The molecule has 5 nitrogen and oxygen atoms in total. The summed E-state index contributed by atoms with van der Waals surface area (Å²) in [6, 6.07) is 1.78. The molecule has 20 heavy (non-hydrogen) atoms. The fourth-order valence-electron chi connectivity index (χ4n) is 2.02. The van der Waals surface area contributed by atoms with Crippen LogP contribution < -0.4 is 0 Å². The van der Waals surface area contributed by atoms with Crippen LogP contribution in [0.25, 0.3) is 0 Å². The van der Waals surface area contributed by atoms with E-state index in [1.807, 2.05) is 31.5 Å². The zero-order valence-corrected chi connectivity index (χ0v) is 13.7. The molecule has 1 amide bonds. The Hall–Kier alpha value is -1.30. The summed E-state index contributed by atoms with van der Waals surface area (Å²) >= 11 is 3.37. The quantitative estimate of drug-likeness (QED) is 0.827. The van der Waals surface area contributed by atoms with Gasteiger partial charge in [-0.2, -0.15) is 0 Å². The highest BCUT2D eigenvalue weighted by Crippen LogP contribution is 2.17. The van der Waals surface area contributed by atoms with Gasteiger partial charge in [-0.15, -0.1) is 0 Å². The highest BCUT2D eigenvalue weighted by atomic mass is 79.9. The van der Waals surface area contributed by atoms with Gasteiger partial charge in [-0.05, 0) is 34.8 Å². The minimum absolute atomic E-state index is 0.0353. The SMILES string of the molecule is CCn1cc(Br)cc1C(=O)N(CCC(=O)O)CC(C)C. The van der Waals surface area contributed by atoms with Gasteiger partial charge in [0.25, 0.3) is 5.91 Å². The Labute approximate surface area is 127 Å². The maximum atomic E-state index is 12.6. The van der Waals surface area contributed by atoms with Crippen molar-refractivity contribution in [1.82, 2.24) is 9.47 Å². The summed E-state index contributed by atoms with van der Waals surface area (Å²) in [6.45, 7) is 7.47. The molecule has 0 saturated carbocycles. The van der Waals surface area contributed by atoms with Crippen LogP contribution in [0.3, 0.4) is 0 Å². The minimum atomic E-state index is -0.890. The summed E-state index contributed by atoms with van der Waals surface area (Å²) in [5.74, 6) is -0.715. The zero-order chi connectivity index (χ0) is 15.3. The van der Waals surface area contributed by atoms with Crippen molar-refractivity contribution in [2.75, 3.05) is 13.1 Å². The van der Waals surface area contributed by atoms with Gasteiger partial charge >= 0.3 is 5.97 Å². The Morgan fingerprint density at radius 3 is 2.60 bits per heavy atom.